The molecule has 5 nitrogen and oxygen atoms in total. The van der Waals surface area contributed by atoms with Gasteiger partial charge in [-0.25, -0.2) is 4.79 Å². The van der Waals surface area contributed by atoms with Crippen molar-refractivity contribution in [3.05, 3.63) is 71.8 Å². The van der Waals surface area contributed by atoms with Crippen LogP contribution < -0.4 is 15.5 Å². The van der Waals surface area contributed by atoms with Crippen LogP contribution in [0.15, 0.2) is 60.7 Å². The predicted octanol–water partition coefficient (Wildman–Crippen LogP) is 1.72. The van der Waals surface area contributed by atoms with Gasteiger partial charge in [0.25, 0.3) is 5.91 Å². The number of rotatable bonds is 5. The molecule has 2 aromatic rings. The molecule has 1 saturated heterocycles. The molecule has 1 aliphatic rings. The second-order valence-electron chi connectivity index (χ2n) is 7.20. The van der Waals surface area contributed by atoms with Gasteiger partial charge >= 0.3 is 6.03 Å². The van der Waals surface area contributed by atoms with E-state index < -0.39 is 6.03 Å². The summed E-state index contributed by atoms with van der Waals surface area (Å²) in [7, 11) is 1.52. The molecule has 1 fully saturated rings. The van der Waals surface area contributed by atoms with Gasteiger partial charge in [0.1, 0.15) is 0 Å². The molecule has 27 heavy (non-hydrogen) atoms. The molecule has 0 aromatic heterocycles. The van der Waals surface area contributed by atoms with Crippen LogP contribution in [0.4, 0.5) is 4.79 Å². The van der Waals surface area contributed by atoms with Crippen LogP contribution in [-0.2, 0) is 11.2 Å². The third-order valence-corrected chi connectivity index (χ3v) is 5.38. The quantitative estimate of drug-likeness (QED) is 0.755. The molecule has 0 unspecified atom stereocenters. The number of likely N-dealkylation sites (tertiary alicyclic amines) is 1. The van der Waals surface area contributed by atoms with Gasteiger partial charge in [-0.05, 0) is 30.7 Å². The lowest BCUT2D eigenvalue weighted by Gasteiger charge is -2.34. The smallest absolute Gasteiger partial charge is 0.321 e. The van der Waals surface area contributed by atoms with Crippen LogP contribution in [0.5, 0.6) is 0 Å². The van der Waals surface area contributed by atoms with Gasteiger partial charge in [0.05, 0.1) is 13.1 Å². The predicted molar refractivity (Wildman–Crippen MR) is 105 cm³/mol. The number of amides is 3. The minimum Gasteiger partial charge on any atom is -0.341 e. The maximum absolute atomic E-state index is 12.8. The zero-order valence-electron chi connectivity index (χ0n) is 15.8. The van der Waals surface area contributed by atoms with E-state index in [0.29, 0.717) is 5.92 Å². The van der Waals surface area contributed by atoms with Gasteiger partial charge in [-0.3, -0.25) is 10.1 Å². The third kappa shape index (κ3) is 5.17. The highest BCUT2D eigenvalue weighted by atomic mass is 16.2. The van der Waals surface area contributed by atoms with Crippen LogP contribution in [0, 0.1) is 5.92 Å². The zero-order chi connectivity index (χ0) is 19.1. The number of urea groups is 1. The number of quaternary nitrogens is 1. The average Bonchev–Trinajstić information content (AvgIpc) is 2.71. The molecule has 3 N–H and O–H groups in total. The molecule has 5 heteroatoms. The van der Waals surface area contributed by atoms with E-state index in [1.165, 1.54) is 17.5 Å². The van der Waals surface area contributed by atoms with Gasteiger partial charge < -0.3 is 10.2 Å². The maximum atomic E-state index is 12.8. The van der Waals surface area contributed by atoms with E-state index in [2.05, 4.69) is 34.9 Å². The van der Waals surface area contributed by atoms with E-state index >= 15 is 0 Å². The van der Waals surface area contributed by atoms with Crippen molar-refractivity contribution in [1.29, 1.82) is 0 Å². The van der Waals surface area contributed by atoms with Gasteiger partial charge in [0.15, 0.2) is 6.04 Å². The lowest BCUT2D eigenvalue weighted by molar-refractivity contribution is -0.927. The number of hydrogen-bond acceptors (Lipinski definition) is 2. The Kier molecular flexibility index (Phi) is 6.60. The van der Waals surface area contributed by atoms with Crippen molar-refractivity contribution in [3.8, 4) is 0 Å². The molecule has 0 saturated carbocycles. The van der Waals surface area contributed by atoms with Crippen molar-refractivity contribution in [2.45, 2.75) is 25.3 Å². The SMILES string of the molecule is CNC(=O)NC(=O)[C@@H](c1ccccc1)[NH+]1CCC(Cc2ccccc2)CC1. The highest BCUT2D eigenvalue weighted by Gasteiger charge is 2.35. The molecule has 0 radical (unpaired) electrons. The van der Waals surface area contributed by atoms with E-state index in [-0.39, 0.29) is 11.9 Å². The minimum absolute atomic E-state index is 0.239. The Morgan fingerprint density at radius 1 is 1.00 bits per heavy atom. The summed E-state index contributed by atoms with van der Waals surface area (Å²) in [5.74, 6) is 0.409. The number of piperidine rings is 1. The zero-order valence-corrected chi connectivity index (χ0v) is 15.8. The molecule has 0 aliphatic carbocycles. The normalized spacial score (nSPS) is 20.5. The lowest BCUT2D eigenvalue weighted by atomic mass is 9.89. The molecule has 0 spiro atoms. The Labute approximate surface area is 160 Å². The summed E-state index contributed by atoms with van der Waals surface area (Å²) in [4.78, 5) is 25.7. The monoisotopic (exact) mass is 366 g/mol. The second kappa shape index (κ2) is 9.33. The maximum Gasteiger partial charge on any atom is 0.321 e. The van der Waals surface area contributed by atoms with Crippen LogP contribution >= 0.6 is 0 Å². The van der Waals surface area contributed by atoms with Gasteiger partial charge in [-0.1, -0.05) is 60.7 Å². The largest absolute Gasteiger partial charge is 0.341 e. The van der Waals surface area contributed by atoms with Crippen LogP contribution in [0.2, 0.25) is 0 Å². The van der Waals surface area contributed by atoms with Gasteiger partial charge in [0.2, 0.25) is 0 Å². The first-order valence-corrected chi connectivity index (χ1v) is 9.63. The molecule has 1 atom stereocenters. The molecular formula is C22H28N3O2+. The fraction of sp³-hybridized carbons (Fsp3) is 0.364. The Morgan fingerprint density at radius 2 is 1.59 bits per heavy atom. The number of imide groups is 1. The van der Waals surface area contributed by atoms with E-state index in [9.17, 15) is 9.59 Å². The first kappa shape index (κ1) is 19.1. The fourth-order valence-electron chi connectivity index (χ4n) is 3.95. The van der Waals surface area contributed by atoms with Crippen molar-refractivity contribution >= 4 is 11.9 Å². The summed E-state index contributed by atoms with van der Waals surface area (Å²) in [6.07, 6.45) is 3.26. The second-order valence-corrected chi connectivity index (χ2v) is 7.20. The molecule has 2 aromatic carbocycles. The summed E-state index contributed by atoms with van der Waals surface area (Å²) in [6, 6.07) is 19.5. The van der Waals surface area contributed by atoms with Crippen LogP contribution in [0.25, 0.3) is 0 Å². The molecule has 1 heterocycles. The van der Waals surface area contributed by atoms with Gasteiger partial charge in [0, 0.05) is 12.6 Å². The number of carbonyl (C=O) groups excluding carboxylic acids is 2. The summed E-state index contributed by atoms with van der Waals surface area (Å²) >= 11 is 0. The Balaban J connectivity index is 1.67. The third-order valence-electron chi connectivity index (χ3n) is 5.38. The average molecular weight is 366 g/mol. The first-order chi connectivity index (χ1) is 13.2. The Morgan fingerprint density at radius 3 is 2.19 bits per heavy atom. The number of benzene rings is 2. The van der Waals surface area contributed by atoms with Crippen LogP contribution in [-0.4, -0.2) is 32.1 Å². The Hall–Kier alpha value is -2.66. The summed E-state index contributed by atoms with van der Waals surface area (Å²) < 4.78 is 0. The van der Waals surface area contributed by atoms with Crippen LogP contribution in [0.1, 0.15) is 30.0 Å². The summed E-state index contributed by atoms with van der Waals surface area (Å²) in [5.41, 5.74) is 2.33. The van der Waals surface area contributed by atoms with E-state index in [1.807, 2.05) is 36.4 Å². The first-order valence-electron chi connectivity index (χ1n) is 9.63. The molecule has 3 amide bonds. The molecule has 1 aliphatic heterocycles. The molecule has 0 bridgehead atoms. The molecular weight excluding hydrogens is 338 g/mol. The van der Waals surface area contributed by atoms with E-state index in [0.717, 1.165) is 37.9 Å². The summed E-state index contributed by atoms with van der Waals surface area (Å²) in [5, 5.41) is 4.93. The highest BCUT2D eigenvalue weighted by molar-refractivity contribution is 5.96. The van der Waals surface area contributed by atoms with E-state index in [1.54, 1.807) is 0 Å². The number of carbonyl (C=O) groups is 2. The van der Waals surface area contributed by atoms with Crippen molar-refractivity contribution in [1.82, 2.24) is 10.6 Å². The minimum atomic E-state index is -0.459. The molecule has 3 rings (SSSR count). The summed E-state index contributed by atoms with van der Waals surface area (Å²) in [6.45, 7) is 1.86. The van der Waals surface area contributed by atoms with Crippen molar-refractivity contribution in [2.75, 3.05) is 20.1 Å². The fourth-order valence-corrected chi connectivity index (χ4v) is 3.95. The standard InChI is InChI=1S/C22H27N3O2/c1-23-22(27)24-21(26)20(19-10-6-3-7-11-19)25-14-12-18(13-15-25)16-17-8-4-2-5-9-17/h2-11,18,20H,12-16H2,1H3,(H2,23,24,26,27)/p+1/t20-/m1/s1. The van der Waals surface area contributed by atoms with Crippen LogP contribution in [0.3, 0.4) is 0 Å². The number of hydrogen-bond donors (Lipinski definition) is 3. The van der Waals surface area contributed by atoms with Gasteiger partial charge in [-0.15, -0.1) is 0 Å². The van der Waals surface area contributed by atoms with Crippen molar-refractivity contribution in [2.24, 2.45) is 5.92 Å². The topological polar surface area (TPSA) is 62.6 Å². The van der Waals surface area contributed by atoms with Gasteiger partial charge in [-0.2, -0.15) is 0 Å². The molecule has 142 valence electrons. The highest BCUT2D eigenvalue weighted by Crippen LogP contribution is 2.18. The van der Waals surface area contributed by atoms with E-state index in [4.69, 9.17) is 0 Å². The number of nitrogens with one attached hydrogen (secondary N) is 3. The van der Waals surface area contributed by atoms with Crippen molar-refractivity contribution < 1.29 is 14.5 Å². The van der Waals surface area contributed by atoms with Crippen molar-refractivity contribution in [3.63, 3.8) is 0 Å². The lowest BCUT2D eigenvalue weighted by Crippen LogP contribution is -3.14. The Bertz CT molecular complexity index is 741.